The van der Waals surface area contributed by atoms with Gasteiger partial charge in [0.2, 0.25) is 0 Å². The third-order valence-corrected chi connectivity index (χ3v) is 10.3. The summed E-state index contributed by atoms with van der Waals surface area (Å²) in [6.45, 7) is 9.18. The lowest BCUT2D eigenvalue weighted by atomic mass is 9.46. The predicted octanol–water partition coefficient (Wildman–Crippen LogP) is 6.97. The van der Waals surface area contributed by atoms with Crippen molar-refractivity contribution in [2.24, 2.45) is 22.7 Å². The number of carbonyl (C=O) groups excluding carboxylic acids is 3. The summed E-state index contributed by atoms with van der Waals surface area (Å²) in [6, 6.07) is 17.3. The summed E-state index contributed by atoms with van der Waals surface area (Å²) in [4.78, 5) is 42.9. The summed E-state index contributed by atoms with van der Waals surface area (Å²) in [5.74, 6) is -1.04. The van der Waals surface area contributed by atoms with Gasteiger partial charge in [-0.25, -0.2) is 9.59 Å². The lowest BCUT2D eigenvalue weighted by Crippen LogP contribution is -2.58. The molecule has 7 nitrogen and oxygen atoms in total. The van der Waals surface area contributed by atoms with Gasteiger partial charge in [-0.3, -0.25) is 9.78 Å². The number of pyridine rings is 1. The summed E-state index contributed by atoms with van der Waals surface area (Å²) in [7, 11) is 0. The molecule has 45 heavy (non-hydrogen) atoms. The second-order valence-electron chi connectivity index (χ2n) is 13.0. The van der Waals surface area contributed by atoms with Gasteiger partial charge in [-0.2, -0.15) is 0 Å². The van der Waals surface area contributed by atoms with Crippen LogP contribution < -0.4 is 0 Å². The highest BCUT2D eigenvalue weighted by Gasteiger charge is 2.59. The molecule has 1 unspecified atom stereocenters. The Morgan fingerprint density at radius 2 is 1.91 bits per heavy atom. The summed E-state index contributed by atoms with van der Waals surface area (Å²) in [5.41, 5.74) is 2.03. The number of esters is 3. The van der Waals surface area contributed by atoms with Gasteiger partial charge in [0.15, 0.2) is 0 Å². The summed E-state index contributed by atoms with van der Waals surface area (Å²) >= 11 is 0. The summed E-state index contributed by atoms with van der Waals surface area (Å²) in [6.07, 6.45) is 11.5. The van der Waals surface area contributed by atoms with E-state index in [0.717, 1.165) is 41.2 Å². The number of carbonyl (C=O) groups is 3. The van der Waals surface area contributed by atoms with Crippen molar-refractivity contribution in [1.29, 1.82) is 0 Å². The zero-order valence-electron chi connectivity index (χ0n) is 25.9. The number of allylic oxidation sites excluding steroid dienone is 2. The fourth-order valence-corrected chi connectivity index (χ4v) is 7.93. The van der Waals surface area contributed by atoms with E-state index in [4.69, 9.17) is 14.2 Å². The van der Waals surface area contributed by atoms with Crippen molar-refractivity contribution in [2.75, 3.05) is 13.2 Å². The quantitative estimate of drug-likeness (QED) is 0.156. The van der Waals surface area contributed by atoms with Crippen LogP contribution in [0.15, 0.2) is 103 Å². The fourth-order valence-electron chi connectivity index (χ4n) is 7.93. The first kappa shape index (κ1) is 30.5. The molecule has 5 atom stereocenters. The third-order valence-electron chi connectivity index (χ3n) is 10.3. The van der Waals surface area contributed by atoms with Gasteiger partial charge in [-0.15, -0.1) is 0 Å². The molecular formula is C38H39NO6. The van der Waals surface area contributed by atoms with Gasteiger partial charge in [0.1, 0.15) is 19.3 Å². The number of aromatic nitrogens is 1. The van der Waals surface area contributed by atoms with Crippen molar-refractivity contribution in [2.45, 2.75) is 52.1 Å². The molecule has 0 saturated heterocycles. The van der Waals surface area contributed by atoms with Crippen LogP contribution in [-0.2, 0) is 30.2 Å². The summed E-state index contributed by atoms with van der Waals surface area (Å²) in [5, 5.41) is 2.10. The van der Waals surface area contributed by atoms with Crippen LogP contribution in [0.25, 0.3) is 10.8 Å². The molecule has 2 saturated carbocycles. The van der Waals surface area contributed by atoms with Crippen molar-refractivity contribution < 1.29 is 28.6 Å². The molecule has 2 heterocycles. The van der Waals surface area contributed by atoms with Crippen LogP contribution in [0.3, 0.4) is 0 Å². The molecule has 2 aromatic carbocycles. The van der Waals surface area contributed by atoms with Gasteiger partial charge < -0.3 is 14.2 Å². The number of rotatable bonds is 8. The highest BCUT2D eigenvalue weighted by atomic mass is 16.6. The molecule has 1 aromatic heterocycles. The van der Waals surface area contributed by atoms with Crippen molar-refractivity contribution >= 4 is 28.7 Å². The maximum absolute atomic E-state index is 13.4. The molecule has 232 valence electrons. The van der Waals surface area contributed by atoms with Gasteiger partial charge in [-0.05, 0) is 71.6 Å². The number of nitrogens with zero attached hydrogens (tertiary/aromatic N) is 1. The fraction of sp³-hybridized carbons (Fsp3) is 0.368. The Morgan fingerprint density at radius 1 is 1.09 bits per heavy atom. The van der Waals surface area contributed by atoms with Crippen LogP contribution in [-0.4, -0.2) is 42.2 Å². The minimum absolute atomic E-state index is 0.00812. The number of benzene rings is 2. The average molecular weight is 606 g/mol. The SMILES string of the molecule is C=C1CCC2[C@](C)(COC(=O)Cc3cccc4ccccc34)[C@H](OC(=O)c3cccnc3)CC[C@@]2(C)[C@@H]1/C=C/C1=CCOC1=O. The molecule has 3 aliphatic rings. The Labute approximate surface area is 264 Å². The van der Waals surface area contributed by atoms with E-state index in [2.05, 4.69) is 31.5 Å². The number of cyclic esters (lactones) is 1. The second kappa shape index (κ2) is 12.5. The smallest absolute Gasteiger partial charge is 0.339 e. The van der Waals surface area contributed by atoms with E-state index in [1.165, 1.54) is 6.20 Å². The molecule has 1 aliphatic heterocycles. The van der Waals surface area contributed by atoms with Gasteiger partial charge in [0.25, 0.3) is 0 Å². The van der Waals surface area contributed by atoms with Crippen molar-refractivity contribution in [1.82, 2.24) is 4.98 Å². The van der Waals surface area contributed by atoms with Crippen molar-refractivity contribution in [3.63, 3.8) is 0 Å². The van der Waals surface area contributed by atoms with Crippen LogP contribution >= 0.6 is 0 Å². The molecular weight excluding hydrogens is 566 g/mol. The average Bonchev–Trinajstić information content (AvgIpc) is 3.46. The van der Waals surface area contributed by atoms with Gasteiger partial charge in [0, 0.05) is 23.7 Å². The molecule has 7 heteroatoms. The molecule has 2 aliphatic carbocycles. The minimum atomic E-state index is -0.669. The Kier molecular flexibility index (Phi) is 8.45. The van der Waals surface area contributed by atoms with Crippen molar-refractivity contribution in [3.8, 4) is 0 Å². The Hall–Kier alpha value is -4.52. The number of ether oxygens (including phenoxy) is 3. The first-order valence-electron chi connectivity index (χ1n) is 15.7. The lowest BCUT2D eigenvalue weighted by molar-refractivity contribution is -0.172. The van der Waals surface area contributed by atoms with E-state index in [1.54, 1.807) is 24.4 Å². The third kappa shape index (κ3) is 5.96. The minimum Gasteiger partial charge on any atom is -0.465 e. The molecule has 3 aromatic rings. The van der Waals surface area contributed by atoms with Crippen LogP contribution in [0.2, 0.25) is 0 Å². The monoisotopic (exact) mass is 605 g/mol. The van der Waals surface area contributed by atoms with Crippen LogP contribution in [0.4, 0.5) is 0 Å². The second-order valence-corrected chi connectivity index (χ2v) is 13.0. The highest BCUT2D eigenvalue weighted by Crippen LogP contribution is 2.62. The summed E-state index contributed by atoms with van der Waals surface area (Å²) < 4.78 is 17.4. The normalized spacial score (nSPS) is 28.0. The maximum Gasteiger partial charge on any atom is 0.339 e. The first-order chi connectivity index (χ1) is 21.7. The molecule has 0 spiro atoms. The van der Waals surface area contributed by atoms with E-state index in [-0.39, 0.29) is 48.8 Å². The van der Waals surface area contributed by atoms with Crippen LogP contribution in [0.5, 0.6) is 0 Å². The molecule has 0 bridgehead atoms. The Morgan fingerprint density at radius 3 is 2.69 bits per heavy atom. The lowest BCUT2D eigenvalue weighted by Gasteiger charge is -2.59. The topological polar surface area (TPSA) is 91.8 Å². The number of fused-ring (bicyclic) bond motifs is 2. The molecule has 0 radical (unpaired) electrons. The van der Waals surface area contributed by atoms with Gasteiger partial charge in [0.05, 0.1) is 17.6 Å². The Bertz CT molecular complexity index is 1690. The molecule has 6 rings (SSSR count). The van der Waals surface area contributed by atoms with E-state index in [1.807, 2.05) is 48.5 Å². The van der Waals surface area contributed by atoms with E-state index in [0.29, 0.717) is 17.6 Å². The largest absolute Gasteiger partial charge is 0.465 e. The van der Waals surface area contributed by atoms with Crippen LogP contribution in [0.1, 0.15) is 55.5 Å². The zero-order valence-corrected chi connectivity index (χ0v) is 25.9. The Balaban J connectivity index is 1.28. The zero-order chi connectivity index (χ0) is 31.6. The van der Waals surface area contributed by atoms with E-state index >= 15 is 0 Å². The highest BCUT2D eigenvalue weighted by molar-refractivity contribution is 5.93. The van der Waals surface area contributed by atoms with E-state index < -0.39 is 17.5 Å². The standard InChI is InChI=1S/C38H39NO6/c1-25-13-16-32-37(2,31(25)15-14-27-18-21-43-35(27)41)19-17-33(45-36(42)29-11-7-20-39-23-29)38(32,3)24-44-34(40)22-28-10-6-9-26-8-4-5-12-30(26)28/h4-12,14-15,18,20,23,31-33H,1,13,16-17,19,21-22,24H2,2-3H3/b15-14+/t31-,32?,33-,37+,38+/m1/s1. The number of hydrogen-bond acceptors (Lipinski definition) is 7. The maximum atomic E-state index is 13.4. The van der Waals surface area contributed by atoms with Crippen LogP contribution in [0, 0.1) is 22.7 Å². The first-order valence-corrected chi connectivity index (χ1v) is 15.7. The van der Waals surface area contributed by atoms with Crippen molar-refractivity contribution in [3.05, 3.63) is 114 Å². The molecule has 0 amide bonds. The predicted molar refractivity (Wildman–Crippen MR) is 171 cm³/mol. The van der Waals surface area contributed by atoms with E-state index in [9.17, 15) is 14.4 Å². The number of hydrogen-bond donors (Lipinski definition) is 0. The van der Waals surface area contributed by atoms with Gasteiger partial charge >= 0.3 is 17.9 Å². The molecule has 0 N–H and O–H groups in total. The van der Waals surface area contributed by atoms with Gasteiger partial charge in [-0.1, -0.05) is 80.6 Å². The molecule has 2 fully saturated rings.